The van der Waals surface area contributed by atoms with Crippen LogP contribution in [0.25, 0.3) is 10.9 Å². The van der Waals surface area contributed by atoms with Gasteiger partial charge in [0.25, 0.3) is 0 Å². The molecule has 1 aliphatic carbocycles. The highest BCUT2D eigenvalue weighted by Crippen LogP contribution is 2.45. The molecular formula is C26H33ClN4O. The number of piperidine rings is 1. The lowest BCUT2D eigenvalue weighted by Crippen LogP contribution is -2.51. The van der Waals surface area contributed by atoms with Gasteiger partial charge in [0.05, 0.1) is 5.92 Å². The second-order valence-corrected chi connectivity index (χ2v) is 9.51. The summed E-state index contributed by atoms with van der Waals surface area (Å²) >= 11 is 0. The number of hydrogen-bond donors (Lipinski definition) is 1. The Balaban J connectivity index is 0.00000245. The highest BCUT2D eigenvalue weighted by molar-refractivity contribution is 5.89. The lowest BCUT2D eigenvalue weighted by Gasteiger charge is -2.45. The molecule has 0 saturated carbocycles. The summed E-state index contributed by atoms with van der Waals surface area (Å²) < 4.78 is 2.41. The van der Waals surface area contributed by atoms with Gasteiger partial charge in [0.2, 0.25) is 5.91 Å². The van der Waals surface area contributed by atoms with Crippen molar-refractivity contribution in [2.24, 2.45) is 5.92 Å². The van der Waals surface area contributed by atoms with E-state index in [4.69, 9.17) is 0 Å². The smallest absolute Gasteiger partial charge is 0.224 e. The molecular weight excluding hydrogens is 420 g/mol. The van der Waals surface area contributed by atoms with Crippen molar-refractivity contribution in [1.82, 2.24) is 19.8 Å². The average molecular weight is 453 g/mol. The van der Waals surface area contributed by atoms with E-state index in [1.54, 1.807) is 6.20 Å². The van der Waals surface area contributed by atoms with E-state index in [2.05, 4.69) is 65.1 Å². The molecule has 3 aromatic rings. The zero-order chi connectivity index (χ0) is 21.5. The van der Waals surface area contributed by atoms with Gasteiger partial charge in [0.15, 0.2) is 0 Å². The molecule has 6 heteroatoms. The number of carbonyl (C=O) groups excluding carboxylic acids is 1. The normalized spacial score (nSPS) is 22.4. The number of nitrogens with one attached hydrogen (secondary N) is 1. The number of aromatic nitrogens is 2. The standard InChI is InChI=1S/C26H32N4O.ClH/c1-17(2)30-16-18-14-24-22(21-8-6-9-23(30)25(18)21)13-19(15-29(24)3)26(31)28-12-10-20-7-4-5-11-27-20;/h4-9,11,16-17,19,22,24H,10,12-15H2,1-3H3,(H,28,31);1H/t19-,22?,24-;/m1./s1. The van der Waals surface area contributed by atoms with E-state index < -0.39 is 0 Å². The molecule has 170 valence electrons. The monoisotopic (exact) mass is 452 g/mol. The quantitative estimate of drug-likeness (QED) is 0.625. The molecule has 1 N–H and O–H groups in total. The van der Waals surface area contributed by atoms with Crippen LogP contribution in [0.15, 0.2) is 48.8 Å². The summed E-state index contributed by atoms with van der Waals surface area (Å²) in [5, 5.41) is 4.60. The molecule has 1 aliphatic heterocycles. The van der Waals surface area contributed by atoms with Crippen molar-refractivity contribution in [3.63, 3.8) is 0 Å². The maximum Gasteiger partial charge on any atom is 0.224 e. The Morgan fingerprint density at radius 2 is 2.06 bits per heavy atom. The van der Waals surface area contributed by atoms with Crippen molar-refractivity contribution in [2.75, 3.05) is 20.1 Å². The fourth-order valence-electron chi connectivity index (χ4n) is 5.70. The predicted molar refractivity (Wildman–Crippen MR) is 131 cm³/mol. The van der Waals surface area contributed by atoms with Gasteiger partial charge in [-0.25, -0.2) is 0 Å². The van der Waals surface area contributed by atoms with Gasteiger partial charge >= 0.3 is 0 Å². The topological polar surface area (TPSA) is 50.2 Å². The zero-order valence-electron chi connectivity index (χ0n) is 19.1. The van der Waals surface area contributed by atoms with Crippen molar-refractivity contribution in [2.45, 2.75) is 51.1 Å². The SMILES string of the molecule is CC(C)n1cc2c3c(cccc31)C1C[C@@H](C(=O)NCCc3ccccn3)CN(C)[C@@H]1C2.Cl. The second-order valence-electron chi connectivity index (χ2n) is 9.51. The molecule has 1 unspecified atom stereocenters. The molecule has 32 heavy (non-hydrogen) atoms. The fourth-order valence-corrected chi connectivity index (χ4v) is 5.70. The van der Waals surface area contributed by atoms with Gasteiger partial charge < -0.3 is 14.8 Å². The molecule has 1 fully saturated rings. The number of benzene rings is 1. The van der Waals surface area contributed by atoms with Gasteiger partial charge in [-0.3, -0.25) is 9.78 Å². The van der Waals surface area contributed by atoms with Crippen LogP contribution in [0.1, 0.15) is 49.0 Å². The minimum Gasteiger partial charge on any atom is -0.355 e. The van der Waals surface area contributed by atoms with E-state index >= 15 is 0 Å². The number of pyridine rings is 1. The Morgan fingerprint density at radius 1 is 1.22 bits per heavy atom. The van der Waals surface area contributed by atoms with E-state index in [0.717, 1.165) is 31.5 Å². The van der Waals surface area contributed by atoms with E-state index in [1.807, 2.05) is 18.2 Å². The largest absolute Gasteiger partial charge is 0.355 e. The first kappa shape index (κ1) is 22.8. The van der Waals surface area contributed by atoms with Crippen LogP contribution in [0.4, 0.5) is 0 Å². The average Bonchev–Trinajstić information content (AvgIpc) is 3.15. The minimum atomic E-state index is 0. The number of carbonyl (C=O) groups is 1. The molecule has 1 aromatic carbocycles. The van der Waals surface area contributed by atoms with Gasteiger partial charge in [-0.1, -0.05) is 18.2 Å². The summed E-state index contributed by atoms with van der Waals surface area (Å²) in [5.41, 5.74) is 5.25. The number of rotatable bonds is 5. The molecule has 0 bridgehead atoms. The first-order valence-electron chi connectivity index (χ1n) is 11.5. The minimum absolute atomic E-state index is 0. The number of hydrogen-bond acceptors (Lipinski definition) is 3. The first-order valence-corrected chi connectivity index (χ1v) is 11.5. The van der Waals surface area contributed by atoms with Gasteiger partial charge in [-0.15, -0.1) is 12.4 Å². The van der Waals surface area contributed by atoms with Crippen LogP contribution in [0.3, 0.4) is 0 Å². The summed E-state index contributed by atoms with van der Waals surface area (Å²) in [5.74, 6) is 0.613. The highest BCUT2D eigenvalue weighted by Gasteiger charge is 2.41. The van der Waals surface area contributed by atoms with Gasteiger partial charge in [-0.05, 0) is 63.1 Å². The van der Waals surface area contributed by atoms with Crippen molar-refractivity contribution in [3.05, 3.63) is 65.6 Å². The molecule has 2 aliphatic rings. The number of halogens is 1. The third-order valence-corrected chi connectivity index (χ3v) is 7.21. The molecule has 5 rings (SSSR count). The number of likely N-dealkylation sites (N-methyl/N-ethyl adjacent to an activating group) is 1. The summed E-state index contributed by atoms with van der Waals surface area (Å²) in [6.45, 7) is 5.96. The van der Waals surface area contributed by atoms with Crippen LogP contribution in [-0.2, 0) is 17.6 Å². The lowest BCUT2D eigenvalue weighted by atomic mass is 9.72. The summed E-state index contributed by atoms with van der Waals surface area (Å²) in [7, 11) is 2.19. The van der Waals surface area contributed by atoms with Crippen LogP contribution in [0.5, 0.6) is 0 Å². The summed E-state index contributed by atoms with van der Waals surface area (Å²) in [6, 6.07) is 13.6. The van der Waals surface area contributed by atoms with Crippen LogP contribution < -0.4 is 5.32 Å². The second kappa shape index (κ2) is 9.24. The number of nitrogens with zero attached hydrogens (tertiary/aromatic N) is 3. The molecule has 2 aromatic heterocycles. The fraction of sp³-hybridized carbons (Fsp3) is 0.462. The molecule has 3 atom stereocenters. The molecule has 1 saturated heterocycles. The molecule has 1 amide bonds. The van der Waals surface area contributed by atoms with Gasteiger partial charge in [0.1, 0.15) is 0 Å². The number of likely N-dealkylation sites (tertiary alicyclic amines) is 1. The lowest BCUT2D eigenvalue weighted by molar-refractivity contribution is -0.127. The molecule has 3 heterocycles. The third-order valence-electron chi connectivity index (χ3n) is 7.21. The maximum atomic E-state index is 13.0. The van der Waals surface area contributed by atoms with Crippen LogP contribution in [0, 0.1) is 5.92 Å². The maximum absolute atomic E-state index is 13.0. The Morgan fingerprint density at radius 3 is 2.81 bits per heavy atom. The van der Waals surface area contributed by atoms with Crippen molar-refractivity contribution in [1.29, 1.82) is 0 Å². The Labute approximate surface area is 196 Å². The Bertz CT molecular complexity index is 1090. The molecule has 5 nitrogen and oxygen atoms in total. The predicted octanol–water partition coefficient (Wildman–Crippen LogP) is 4.36. The van der Waals surface area contributed by atoms with E-state index in [0.29, 0.717) is 24.5 Å². The van der Waals surface area contributed by atoms with Crippen molar-refractivity contribution < 1.29 is 4.79 Å². The highest BCUT2D eigenvalue weighted by atomic mass is 35.5. The van der Waals surface area contributed by atoms with Crippen LogP contribution >= 0.6 is 12.4 Å². The summed E-state index contributed by atoms with van der Waals surface area (Å²) in [6.07, 6.45) is 6.93. The Hall–Kier alpha value is -2.37. The van der Waals surface area contributed by atoms with Gasteiger partial charge in [0, 0.05) is 66.5 Å². The van der Waals surface area contributed by atoms with E-state index in [9.17, 15) is 4.79 Å². The molecule has 0 radical (unpaired) electrons. The first-order chi connectivity index (χ1) is 15.0. The van der Waals surface area contributed by atoms with E-state index in [1.165, 1.54) is 22.0 Å². The zero-order valence-corrected chi connectivity index (χ0v) is 19.9. The number of amides is 1. The van der Waals surface area contributed by atoms with Crippen molar-refractivity contribution >= 4 is 29.2 Å². The van der Waals surface area contributed by atoms with Crippen molar-refractivity contribution in [3.8, 4) is 0 Å². The van der Waals surface area contributed by atoms with E-state index in [-0.39, 0.29) is 24.2 Å². The number of fused-ring (bicyclic) bond motifs is 2. The molecule has 0 spiro atoms. The van der Waals surface area contributed by atoms with Gasteiger partial charge in [-0.2, -0.15) is 0 Å². The van der Waals surface area contributed by atoms with Crippen LogP contribution in [0.2, 0.25) is 0 Å². The summed E-state index contributed by atoms with van der Waals surface area (Å²) in [4.78, 5) is 19.8. The Kier molecular flexibility index (Phi) is 6.59. The van der Waals surface area contributed by atoms with Crippen LogP contribution in [-0.4, -0.2) is 46.5 Å². The third kappa shape index (κ3) is 4.04.